The van der Waals surface area contributed by atoms with Crippen molar-refractivity contribution in [1.82, 2.24) is 5.32 Å². The first-order valence-electron chi connectivity index (χ1n) is 10.8. The number of amides is 4. The Labute approximate surface area is 229 Å². The molecule has 36 heavy (non-hydrogen) atoms. The van der Waals surface area contributed by atoms with Crippen molar-refractivity contribution in [3.63, 3.8) is 0 Å². The predicted molar refractivity (Wildman–Crippen MR) is 144 cm³/mol. The summed E-state index contributed by atoms with van der Waals surface area (Å²) >= 11 is 13.0. The summed E-state index contributed by atoms with van der Waals surface area (Å²) in [6.45, 7) is 2.50. The fourth-order valence-corrected chi connectivity index (χ4v) is 4.67. The Hall–Kier alpha value is -3.14. The molecule has 0 unspecified atom stereocenters. The highest BCUT2D eigenvalue weighted by atomic mass is 79.9. The molecule has 0 aliphatic carbocycles. The highest BCUT2D eigenvalue weighted by Crippen LogP contribution is 2.38. The Morgan fingerprint density at radius 3 is 2.47 bits per heavy atom. The summed E-state index contributed by atoms with van der Waals surface area (Å²) < 4.78 is 13.3. The summed E-state index contributed by atoms with van der Waals surface area (Å²) in [5.74, 6) is -0.664. The highest BCUT2D eigenvalue weighted by Gasteiger charge is 2.37. The second-order valence-corrected chi connectivity index (χ2v) is 9.73. The average molecular weight is 635 g/mol. The van der Waals surface area contributed by atoms with Gasteiger partial charge >= 0.3 is 6.03 Å². The van der Waals surface area contributed by atoms with Gasteiger partial charge in [-0.3, -0.25) is 14.9 Å². The van der Waals surface area contributed by atoms with Crippen LogP contribution >= 0.6 is 43.5 Å². The van der Waals surface area contributed by atoms with E-state index in [1.54, 1.807) is 30.3 Å². The van der Waals surface area contributed by atoms with Gasteiger partial charge in [-0.15, -0.1) is 0 Å². The van der Waals surface area contributed by atoms with Gasteiger partial charge in [-0.25, -0.2) is 9.69 Å². The highest BCUT2D eigenvalue weighted by molar-refractivity contribution is 9.10. The number of barbiturate groups is 1. The van der Waals surface area contributed by atoms with E-state index in [-0.39, 0.29) is 17.9 Å². The lowest BCUT2D eigenvalue weighted by Crippen LogP contribution is -2.54. The van der Waals surface area contributed by atoms with E-state index in [0.29, 0.717) is 33.2 Å². The predicted octanol–water partition coefficient (Wildman–Crippen LogP) is 6.51. The Morgan fingerprint density at radius 2 is 1.75 bits per heavy atom. The van der Waals surface area contributed by atoms with Gasteiger partial charge in [-0.2, -0.15) is 0 Å². The standard InChI is InChI=1S/C26H19Br2ClN2O5/c1-2-35-22-12-15(11-21(28)23(22)36-14-16-6-3-4-9-20(16)27)10-19-24(32)30-26(34)31(25(19)33)18-8-5-7-17(29)13-18/h3-13H,2,14H2,1H3,(H,30,32,34)/b19-10+. The molecule has 4 rings (SSSR count). The molecule has 1 fully saturated rings. The number of carbonyl (C=O) groups excluding carboxylic acids is 3. The van der Waals surface area contributed by atoms with Crippen LogP contribution in [0.15, 0.2) is 75.2 Å². The first-order valence-corrected chi connectivity index (χ1v) is 12.7. The van der Waals surface area contributed by atoms with Crippen molar-refractivity contribution < 1.29 is 23.9 Å². The molecule has 0 atom stereocenters. The van der Waals surface area contributed by atoms with Gasteiger partial charge in [0, 0.05) is 15.1 Å². The zero-order chi connectivity index (χ0) is 25.8. The number of nitrogens with one attached hydrogen (secondary N) is 1. The van der Waals surface area contributed by atoms with E-state index in [9.17, 15) is 14.4 Å². The number of hydrogen-bond acceptors (Lipinski definition) is 5. The van der Waals surface area contributed by atoms with E-state index >= 15 is 0 Å². The molecular formula is C26H19Br2ClN2O5. The van der Waals surface area contributed by atoms with Crippen LogP contribution in [-0.4, -0.2) is 24.5 Å². The molecule has 3 aromatic rings. The molecule has 1 aliphatic rings. The number of imide groups is 2. The zero-order valence-electron chi connectivity index (χ0n) is 18.9. The minimum absolute atomic E-state index is 0.217. The molecule has 184 valence electrons. The number of nitrogens with zero attached hydrogens (tertiary/aromatic N) is 1. The summed E-state index contributed by atoms with van der Waals surface area (Å²) in [6, 6.07) is 16.5. The largest absolute Gasteiger partial charge is 0.490 e. The molecule has 1 saturated heterocycles. The van der Waals surface area contributed by atoms with Gasteiger partial charge < -0.3 is 9.47 Å². The van der Waals surface area contributed by atoms with Crippen LogP contribution in [0.3, 0.4) is 0 Å². The van der Waals surface area contributed by atoms with Crippen LogP contribution in [-0.2, 0) is 16.2 Å². The fraction of sp³-hybridized carbons (Fsp3) is 0.115. The molecule has 0 aromatic heterocycles. The van der Waals surface area contributed by atoms with Crippen molar-refractivity contribution >= 4 is 73.1 Å². The van der Waals surface area contributed by atoms with Crippen LogP contribution in [0.2, 0.25) is 5.02 Å². The number of halogens is 3. The summed E-state index contributed by atoms with van der Waals surface area (Å²) in [5, 5.41) is 2.55. The van der Waals surface area contributed by atoms with Gasteiger partial charge in [0.05, 0.1) is 16.8 Å². The second-order valence-electron chi connectivity index (χ2n) is 7.58. The number of anilines is 1. The minimum atomic E-state index is -0.851. The molecule has 1 N–H and O–H groups in total. The fourth-order valence-electron chi connectivity index (χ4n) is 3.51. The van der Waals surface area contributed by atoms with Crippen molar-refractivity contribution in [2.45, 2.75) is 13.5 Å². The number of benzene rings is 3. The van der Waals surface area contributed by atoms with E-state index in [1.807, 2.05) is 31.2 Å². The first kappa shape index (κ1) is 25.9. The molecule has 0 spiro atoms. The molecule has 4 amide bonds. The van der Waals surface area contributed by atoms with Crippen molar-refractivity contribution in [2.24, 2.45) is 0 Å². The molecule has 3 aromatic carbocycles. The topological polar surface area (TPSA) is 84.9 Å². The minimum Gasteiger partial charge on any atom is -0.490 e. The van der Waals surface area contributed by atoms with Crippen LogP contribution < -0.4 is 19.7 Å². The lowest BCUT2D eigenvalue weighted by Gasteiger charge is -2.26. The number of rotatable bonds is 7. The van der Waals surface area contributed by atoms with E-state index in [0.717, 1.165) is 14.9 Å². The zero-order valence-corrected chi connectivity index (χ0v) is 22.8. The number of carbonyl (C=O) groups is 3. The third kappa shape index (κ3) is 5.64. The van der Waals surface area contributed by atoms with Gasteiger partial charge in [-0.1, -0.05) is 51.8 Å². The number of urea groups is 1. The summed E-state index contributed by atoms with van der Waals surface area (Å²) in [5.41, 5.74) is 1.48. The Kier molecular flexibility index (Phi) is 8.13. The van der Waals surface area contributed by atoms with Crippen LogP contribution in [0, 0.1) is 0 Å². The van der Waals surface area contributed by atoms with Crippen LogP contribution in [0.4, 0.5) is 10.5 Å². The normalized spacial score (nSPS) is 14.7. The third-order valence-corrected chi connectivity index (χ3v) is 6.74. The Morgan fingerprint density at radius 1 is 0.972 bits per heavy atom. The van der Waals surface area contributed by atoms with Crippen LogP contribution in [0.25, 0.3) is 6.08 Å². The Bertz CT molecular complexity index is 1390. The maximum Gasteiger partial charge on any atom is 0.335 e. The molecular weight excluding hydrogens is 616 g/mol. The van der Waals surface area contributed by atoms with Gasteiger partial charge in [0.1, 0.15) is 12.2 Å². The lowest BCUT2D eigenvalue weighted by atomic mass is 10.1. The molecule has 10 heteroatoms. The summed E-state index contributed by atoms with van der Waals surface area (Å²) in [7, 11) is 0. The average Bonchev–Trinajstić information content (AvgIpc) is 2.82. The van der Waals surface area contributed by atoms with Crippen LogP contribution in [0.1, 0.15) is 18.1 Å². The molecule has 0 bridgehead atoms. The summed E-state index contributed by atoms with van der Waals surface area (Å²) in [6.07, 6.45) is 1.40. The van der Waals surface area contributed by atoms with E-state index in [2.05, 4.69) is 37.2 Å². The van der Waals surface area contributed by atoms with E-state index < -0.39 is 17.8 Å². The molecule has 1 aliphatic heterocycles. The molecule has 0 saturated carbocycles. The van der Waals surface area contributed by atoms with Crippen LogP contribution in [0.5, 0.6) is 11.5 Å². The van der Waals surface area contributed by atoms with Gasteiger partial charge in [0.15, 0.2) is 11.5 Å². The van der Waals surface area contributed by atoms with Crippen molar-refractivity contribution in [3.05, 3.63) is 91.3 Å². The van der Waals surface area contributed by atoms with Crippen molar-refractivity contribution in [2.75, 3.05) is 11.5 Å². The molecule has 0 radical (unpaired) electrons. The number of hydrogen-bond donors (Lipinski definition) is 1. The van der Waals surface area contributed by atoms with E-state index in [1.165, 1.54) is 12.1 Å². The van der Waals surface area contributed by atoms with Gasteiger partial charge in [-0.05, 0) is 70.9 Å². The number of ether oxygens (including phenoxy) is 2. The monoisotopic (exact) mass is 632 g/mol. The Balaban J connectivity index is 1.67. The van der Waals surface area contributed by atoms with Gasteiger partial charge in [0.2, 0.25) is 0 Å². The SMILES string of the molecule is CCOc1cc(/C=C2\C(=O)NC(=O)N(c3cccc(Cl)c3)C2=O)cc(Br)c1OCc1ccccc1Br. The smallest absolute Gasteiger partial charge is 0.335 e. The lowest BCUT2D eigenvalue weighted by molar-refractivity contribution is -0.122. The quantitative estimate of drug-likeness (QED) is 0.237. The van der Waals surface area contributed by atoms with E-state index in [4.69, 9.17) is 21.1 Å². The second kappa shape index (κ2) is 11.3. The first-order chi connectivity index (χ1) is 17.3. The molecule has 1 heterocycles. The maximum absolute atomic E-state index is 13.2. The summed E-state index contributed by atoms with van der Waals surface area (Å²) in [4.78, 5) is 39.0. The van der Waals surface area contributed by atoms with Crippen molar-refractivity contribution in [3.8, 4) is 11.5 Å². The van der Waals surface area contributed by atoms with Crippen molar-refractivity contribution in [1.29, 1.82) is 0 Å². The molecule has 7 nitrogen and oxygen atoms in total. The maximum atomic E-state index is 13.2. The van der Waals surface area contributed by atoms with Gasteiger partial charge in [0.25, 0.3) is 11.8 Å². The third-order valence-electron chi connectivity index (χ3n) is 5.14.